The highest BCUT2D eigenvalue weighted by Crippen LogP contribution is 2.31. The summed E-state index contributed by atoms with van der Waals surface area (Å²) in [4.78, 5) is 0.232. The van der Waals surface area contributed by atoms with Gasteiger partial charge in [-0.3, -0.25) is 0 Å². The van der Waals surface area contributed by atoms with Crippen LogP contribution in [-0.2, 0) is 10.0 Å². The molecule has 0 aliphatic rings. The van der Waals surface area contributed by atoms with Crippen molar-refractivity contribution in [2.45, 2.75) is 31.2 Å². The van der Waals surface area contributed by atoms with Crippen molar-refractivity contribution < 1.29 is 13.2 Å². The van der Waals surface area contributed by atoms with Gasteiger partial charge < -0.3 is 10.5 Å². The molecule has 3 N–H and O–H groups in total. The number of benzene rings is 2. The third-order valence-electron chi connectivity index (χ3n) is 3.15. The second-order valence-electron chi connectivity index (χ2n) is 5.85. The fourth-order valence-corrected chi connectivity index (χ4v) is 3.55. The van der Waals surface area contributed by atoms with Gasteiger partial charge in [0.05, 0.1) is 11.5 Å². The van der Waals surface area contributed by atoms with E-state index in [1.807, 2.05) is 25.1 Å². The highest BCUT2D eigenvalue weighted by molar-refractivity contribution is 7.89. The molecule has 0 atom stereocenters. The number of sulfonamides is 1. The van der Waals surface area contributed by atoms with Crippen LogP contribution in [0.5, 0.6) is 5.75 Å². The summed E-state index contributed by atoms with van der Waals surface area (Å²) in [6.07, 6.45) is 0. The summed E-state index contributed by atoms with van der Waals surface area (Å²) in [5.41, 5.74) is 5.23. The topological polar surface area (TPSA) is 81.4 Å². The normalized spacial score (nSPS) is 12.0. The zero-order valence-corrected chi connectivity index (χ0v) is 15.1. The molecule has 2 aromatic rings. The predicted octanol–water partition coefficient (Wildman–Crippen LogP) is 2.68. The van der Waals surface area contributed by atoms with Gasteiger partial charge in [-0.15, -0.1) is 12.4 Å². The first-order valence-electron chi connectivity index (χ1n) is 7.18. The first-order chi connectivity index (χ1) is 10.2. The summed E-state index contributed by atoms with van der Waals surface area (Å²) in [6.45, 7) is 6.12. The SMILES string of the molecule is CCOc1ccc(S(=O)(=O)NCC(C)(C)N)c2ccccc12.Cl. The van der Waals surface area contributed by atoms with Crippen LogP contribution in [0.4, 0.5) is 0 Å². The smallest absolute Gasteiger partial charge is 0.241 e. The second-order valence-corrected chi connectivity index (χ2v) is 7.59. The molecule has 0 spiro atoms. The standard InChI is InChI=1S/C16H22N2O3S.ClH/c1-4-21-14-9-10-15(13-8-6-5-7-12(13)14)22(19,20)18-11-16(2,3)17;/h5-10,18H,4,11,17H2,1-3H3;1H. The minimum Gasteiger partial charge on any atom is -0.493 e. The van der Waals surface area contributed by atoms with E-state index in [9.17, 15) is 8.42 Å². The number of ether oxygens (including phenoxy) is 1. The number of hydrogen-bond acceptors (Lipinski definition) is 4. The maximum atomic E-state index is 12.6. The zero-order chi connectivity index (χ0) is 16.4. The van der Waals surface area contributed by atoms with Crippen molar-refractivity contribution in [1.82, 2.24) is 4.72 Å². The molecule has 23 heavy (non-hydrogen) atoms. The maximum Gasteiger partial charge on any atom is 0.241 e. The second kappa shape index (κ2) is 7.49. The molecule has 5 nitrogen and oxygen atoms in total. The molecule has 128 valence electrons. The first kappa shape index (κ1) is 19.7. The Morgan fingerprint density at radius 3 is 2.30 bits per heavy atom. The van der Waals surface area contributed by atoms with Crippen LogP contribution in [0, 0.1) is 0 Å². The van der Waals surface area contributed by atoms with Crippen LogP contribution >= 0.6 is 12.4 Å². The molecule has 0 saturated carbocycles. The molecule has 0 aromatic heterocycles. The van der Waals surface area contributed by atoms with Crippen LogP contribution in [0.25, 0.3) is 10.8 Å². The van der Waals surface area contributed by atoms with Gasteiger partial charge in [0, 0.05) is 22.9 Å². The molecule has 0 unspecified atom stereocenters. The van der Waals surface area contributed by atoms with Crippen LogP contribution in [0.2, 0.25) is 0 Å². The van der Waals surface area contributed by atoms with Crippen molar-refractivity contribution in [3.63, 3.8) is 0 Å². The number of nitrogens with one attached hydrogen (secondary N) is 1. The Labute approximate surface area is 143 Å². The van der Waals surface area contributed by atoms with Gasteiger partial charge in [0.25, 0.3) is 0 Å². The lowest BCUT2D eigenvalue weighted by molar-refractivity contribution is 0.344. The number of halogens is 1. The molecule has 2 aromatic carbocycles. The third-order valence-corrected chi connectivity index (χ3v) is 4.61. The molecule has 0 saturated heterocycles. The van der Waals surface area contributed by atoms with Crippen molar-refractivity contribution in [2.24, 2.45) is 5.73 Å². The zero-order valence-electron chi connectivity index (χ0n) is 13.5. The van der Waals surface area contributed by atoms with E-state index in [0.717, 1.165) is 5.39 Å². The Morgan fingerprint density at radius 1 is 1.13 bits per heavy atom. The number of nitrogens with two attached hydrogens (primary N) is 1. The average molecular weight is 359 g/mol. The summed E-state index contributed by atoms with van der Waals surface area (Å²) in [5, 5.41) is 1.41. The summed E-state index contributed by atoms with van der Waals surface area (Å²) < 4.78 is 33.2. The number of rotatable bonds is 6. The van der Waals surface area contributed by atoms with Gasteiger partial charge in [0.15, 0.2) is 0 Å². The van der Waals surface area contributed by atoms with Crippen LogP contribution in [0.1, 0.15) is 20.8 Å². The van der Waals surface area contributed by atoms with E-state index in [2.05, 4.69) is 4.72 Å². The minimum absolute atomic E-state index is 0. The lowest BCUT2D eigenvalue weighted by atomic mass is 10.1. The van der Waals surface area contributed by atoms with Gasteiger partial charge in [0.1, 0.15) is 5.75 Å². The predicted molar refractivity (Wildman–Crippen MR) is 95.8 cm³/mol. The molecule has 0 heterocycles. The molecule has 2 rings (SSSR count). The monoisotopic (exact) mass is 358 g/mol. The molecule has 0 aliphatic heterocycles. The van der Waals surface area contributed by atoms with Gasteiger partial charge in [0.2, 0.25) is 10.0 Å². The summed E-state index contributed by atoms with van der Waals surface area (Å²) in [7, 11) is -3.64. The van der Waals surface area contributed by atoms with Gasteiger partial charge in [-0.2, -0.15) is 0 Å². The summed E-state index contributed by atoms with van der Waals surface area (Å²) in [6, 6.07) is 10.6. The minimum atomic E-state index is -3.64. The van der Waals surface area contributed by atoms with Gasteiger partial charge in [-0.1, -0.05) is 24.3 Å². The highest BCUT2D eigenvalue weighted by atomic mass is 35.5. The first-order valence-corrected chi connectivity index (χ1v) is 8.66. The van der Waals surface area contributed by atoms with Crippen LogP contribution in [0.15, 0.2) is 41.3 Å². The average Bonchev–Trinajstić information content (AvgIpc) is 2.45. The molecule has 0 radical (unpaired) electrons. The fraction of sp³-hybridized carbons (Fsp3) is 0.375. The van der Waals surface area contributed by atoms with Crippen molar-refractivity contribution in [1.29, 1.82) is 0 Å². The van der Waals surface area contributed by atoms with Crippen molar-refractivity contribution >= 4 is 33.2 Å². The van der Waals surface area contributed by atoms with Gasteiger partial charge in [-0.05, 0) is 32.9 Å². The molecule has 0 amide bonds. The van der Waals surface area contributed by atoms with E-state index in [1.54, 1.807) is 32.0 Å². The molecule has 0 bridgehead atoms. The summed E-state index contributed by atoms with van der Waals surface area (Å²) >= 11 is 0. The van der Waals surface area contributed by atoms with Gasteiger partial charge >= 0.3 is 0 Å². The van der Waals surface area contributed by atoms with E-state index in [4.69, 9.17) is 10.5 Å². The Hall–Kier alpha value is -1.34. The van der Waals surface area contributed by atoms with Crippen LogP contribution < -0.4 is 15.2 Å². The number of hydrogen-bond donors (Lipinski definition) is 2. The largest absolute Gasteiger partial charge is 0.493 e. The quantitative estimate of drug-likeness (QED) is 0.831. The number of fused-ring (bicyclic) bond motifs is 1. The molecular weight excluding hydrogens is 336 g/mol. The van der Waals surface area contributed by atoms with Crippen molar-refractivity contribution in [2.75, 3.05) is 13.2 Å². The van der Waals surface area contributed by atoms with E-state index >= 15 is 0 Å². The molecule has 0 aliphatic carbocycles. The molecule has 7 heteroatoms. The Morgan fingerprint density at radius 2 is 1.74 bits per heavy atom. The van der Waals surface area contributed by atoms with E-state index in [-0.39, 0.29) is 23.8 Å². The van der Waals surface area contributed by atoms with E-state index in [0.29, 0.717) is 17.7 Å². The molecular formula is C16H23ClN2O3S. The van der Waals surface area contributed by atoms with E-state index in [1.165, 1.54) is 0 Å². The Kier molecular flexibility index (Phi) is 6.41. The molecule has 0 fully saturated rings. The highest BCUT2D eigenvalue weighted by Gasteiger charge is 2.21. The fourth-order valence-electron chi connectivity index (χ4n) is 2.12. The summed E-state index contributed by atoms with van der Waals surface area (Å²) in [5.74, 6) is 0.677. The third kappa shape index (κ3) is 4.81. The van der Waals surface area contributed by atoms with Crippen molar-refractivity contribution in [3.05, 3.63) is 36.4 Å². The van der Waals surface area contributed by atoms with Crippen molar-refractivity contribution in [3.8, 4) is 5.75 Å². The lowest BCUT2D eigenvalue weighted by Gasteiger charge is -2.19. The van der Waals surface area contributed by atoms with E-state index < -0.39 is 15.6 Å². The van der Waals surface area contributed by atoms with Crippen LogP contribution in [0.3, 0.4) is 0 Å². The van der Waals surface area contributed by atoms with Gasteiger partial charge in [-0.25, -0.2) is 13.1 Å². The maximum absolute atomic E-state index is 12.6. The Balaban J connectivity index is 0.00000264. The lowest BCUT2D eigenvalue weighted by Crippen LogP contribution is -2.45. The Bertz CT molecular complexity index is 770. The van der Waals surface area contributed by atoms with Crippen LogP contribution in [-0.4, -0.2) is 27.1 Å².